The van der Waals surface area contributed by atoms with E-state index in [2.05, 4.69) is 30.2 Å². The standard InChI is InChI=1S/C18H23N3O2/c1-3-10-20(11-4-2)17(22)18(23)21-14-12-19(13-15-21)16-8-6-5-7-9-16/h3-9H,1-2,10-15H2. The van der Waals surface area contributed by atoms with Gasteiger partial charge in [-0.05, 0) is 12.1 Å². The van der Waals surface area contributed by atoms with Crippen LogP contribution in [-0.2, 0) is 9.59 Å². The lowest BCUT2D eigenvalue weighted by molar-refractivity contribution is -0.151. The normalized spacial score (nSPS) is 14.3. The van der Waals surface area contributed by atoms with Crippen LogP contribution in [0.3, 0.4) is 0 Å². The number of nitrogens with zero attached hydrogens (tertiary/aromatic N) is 3. The van der Waals surface area contributed by atoms with Crippen LogP contribution in [0.5, 0.6) is 0 Å². The van der Waals surface area contributed by atoms with Crippen molar-refractivity contribution in [3.05, 3.63) is 55.6 Å². The molecule has 5 heteroatoms. The van der Waals surface area contributed by atoms with Gasteiger partial charge in [0.15, 0.2) is 0 Å². The number of benzene rings is 1. The van der Waals surface area contributed by atoms with Gasteiger partial charge in [-0.2, -0.15) is 0 Å². The Morgan fingerprint density at radius 3 is 2.09 bits per heavy atom. The number of carbonyl (C=O) groups is 2. The van der Waals surface area contributed by atoms with Gasteiger partial charge in [0.25, 0.3) is 0 Å². The topological polar surface area (TPSA) is 43.9 Å². The first-order valence-electron chi connectivity index (χ1n) is 7.77. The molecule has 1 heterocycles. The van der Waals surface area contributed by atoms with Gasteiger partial charge in [0.05, 0.1) is 0 Å². The minimum atomic E-state index is -0.488. The molecule has 0 bridgehead atoms. The summed E-state index contributed by atoms with van der Waals surface area (Å²) in [5, 5.41) is 0. The van der Waals surface area contributed by atoms with Gasteiger partial charge >= 0.3 is 11.8 Å². The zero-order chi connectivity index (χ0) is 16.7. The Morgan fingerprint density at radius 2 is 1.57 bits per heavy atom. The molecule has 1 aliphatic heterocycles. The third-order valence-corrected chi connectivity index (χ3v) is 3.86. The van der Waals surface area contributed by atoms with E-state index in [9.17, 15) is 9.59 Å². The van der Waals surface area contributed by atoms with E-state index in [1.54, 1.807) is 17.1 Å². The molecule has 0 aliphatic carbocycles. The molecule has 2 amide bonds. The minimum Gasteiger partial charge on any atom is -0.368 e. The highest BCUT2D eigenvalue weighted by atomic mass is 16.2. The van der Waals surface area contributed by atoms with Gasteiger partial charge in [-0.15, -0.1) is 13.2 Å². The summed E-state index contributed by atoms with van der Waals surface area (Å²) in [7, 11) is 0. The number of anilines is 1. The predicted octanol–water partition coefficient (Wildman–Crippen LogP) is 1.54. The molecule has 23 heavy (non-hydrogen) atoms. The highest BCUT2D eigenvalue weighted by molar-refractivity contribution is 6.35. The lowest BCUT2D eigenvalue weighted by Gasteiger charge is -2.36. The molecule has 2 rings (SSSR count). The number of para-hydroxylation sites is 1. The number of piperazine rings is 1. The second kappa shape index (κ2) is 8.17. The zero-order valence-corrected chi connectivity index (χ0v) is 13.4. The largest absolute Gasteiger partial charge is 0.368 e. The average molecular weight is 313 g/mol. The minimum absolute atomic E-state index is 0.348. The number of hydrogen-bond acceptors (Lipinski definition) is 3. The molecule has 0 radical (unpaired) electrons. The SMILES string of the molecule is C=CCN(CC=C)C(=O)C(=O)N1CCN(c2ccccc2)CC1. The molecule has 122 valence electrons. The Balaban J connectivity index is 1.93. The molecule has 0 saturated carbocycles. The first-order valence-corrected chi connectivity index (χ1v) is 7.77. The first kappa shape index (κ1) is 16.8. The van der Waals surface area contributed by atoms with Crippen LogP contribution in [0.4, 0.5) is 5.69 Å². The van der Waals surface area contributed by atoms with Crippen molar-refractivity contribution in [2.24, 2.45) is 0 Å². The Kier molecular flexibility index (Phi) is 5.97. The first-order chi connectivity index (χ1) is 11.2. The molecule has 1 aromatic rings. The van der Waals surface area contributed by atoms with Crippen molar-refractivity contribution in [2.45, 2.75) is 0 Å². The Morgan fingerprint density at radius 1 is 1.00 bits per heavy atom. The van der Waals surface area contributed by atoms with Crippen molar-refractivity contribution >= 4 is 17.5 Å². The van der Waals surface area contributed by atoms with E-state index < -0.39 is 11.8 Å². The molecule has 5 nitrogen and oxygen atoms in total. The molecule has 0 spiro atoms. The molecule has 0 unspecified atom stereocenters. The maximum atomic E-state index is 12.4. The van der Waals surface area contributed by atoms with E-state index in [0.717, 1.165) is 18.8 Å². The lowest BCUT2D eigenvalue weighted by atomic mass is 10.2. The monoisotopic (exact) mass is 313 g/mol. The van der Waals surface area contributed by atoms with E-state index in [1.807, 2.05) is 18.2 Å². The fourth-order valence-electron chi connectivity index (χ4n) is 2.63. The second-order valence-electron chi connectivity index (χ2n) is 5.40. The van der Waals surface area contributed by atoms with Gasteiger partial charge in [0, 0.05) is 45.0 Å². The van der Waals surface area contributed by atoms with Gasteiger partial charge in [0.1, 0.15) is 0 Å². The van der Waals surface area contributed by atoms with Gasteiger partial charge in [0.2, 0.25) is 0 Å². The van der Waals surface area contributed by atoms with Crippen molar-refractivity contribution in [1.29, 1.82) is 0 Å². The highest BCUT2D eigenvalue weighted by Gasteiger charge is 2.28. The molecular weight excluding hydrogens is 290 g/mol. The summed E-state index contributed by atoms with van der Waals surface area (Å²) < 4.78 is 0. The van der Waals surface area contributed by atoms with Crippen LogP contribution in [0.1, 0.15) is 0 Å². The third-order valence-electron chi connectivity index (χ3n) is 3.86. The molecule has 0 N–H and O–H groups in total. The summed E-state index contributed by atoms with van der Waals surface area (Å²) in [6.07, 6.45) is 3.23. The maximum Gasteiger partial charge on any atom is 0.312 e. The van der Waals surface area contributed by atoms with E-state index >= 15 is 0 Å². The van der Waals surface area contributed by atoms with E-state index in [1.165, 1.54) is 4.90 Å². The average Bonchev–Trinajstić information content (AvgIpc) is 2.61. The Labute approximate surface area is 137 Å². The number of rotatable bonds is 5. The van der Waals surface area contributed by atoms with Crippen LogP contribution < -0.4 is 4.90 Å². The summed E-state index contributed by atoms with van der Waals surface area (Å²) >= 11 is 0. The van der Waals surface area contributed by atoms with Crippen LogP contribution >= 0.6 is 0 Å². The molecule has 1 saturated heterocycles. The number of hydrogen-bond donors (Lipinski definition) is 0. The summed E-state index contributed by atoms with van der Waals surface area (Å²) in [5.41, 5.74) is 1.14. The molecule has 1 aliphatic rings. The molecule has 1 aromatic carbocycles. The van der Waals surface area contributed by atoms with Crippen LogP contribution in [0.25, 0.3) is 0 Å². The van der Waals surface area contributed by atoms with Gasteiger partial charge in [-0.1, -0.05) is 30.4 Å². The van der Waals surface area contributed by atoms with E-state index in [4.69, 9.17) is 0 Å². The van der Waals surface area contributed by atoms with Gasteiger partial charge in [-0.25, -0.2) is 0 Å². The van der Waals surface area contributed by atoms with Crippen LogP contribution in [0.2, 0.25) is 0 Å². The maximum absolute atomic E-state index is 12.4. The summed E-state index contributed by atoms with van der Waals surface area (Å²) in [6.45, 7) is 10.5. The van der Waals surface area contributed by atoms with Crippen molar-refractivity contribution in [3.63, 3.8) is 0 Å². The fourth-order valence-corrected chi connectivity index (χ4v) is 2.63. The van der Waals surface area contributed by atoms with Crippen molar-refractivity contribution in [1.82, 2.24) is 9.80 Å². The van der Waals surface area contributed by atoms with Crippen molar-refractivity contribution in [2.75, 3.05) is 44.2 Å². The lowest BCUT2D eigenvalue weighted by Crippen LogP contribution is -2.53. The van der Waals surface area contributed by atoms with Crippen molar-refractivity contribution in [3.8, 4) is 0 Å². The van der Waals surface area contributed by atoms with Gasteiger partial charge < -0.3 is 14.7 Å². The van der Waals surface area contributed by atoms with Crippen molar-refractivity contribution < 1.29 is 9.59 Å². The summed E-state index contributed by atoms with van der Waals surface area (Å²) in [4.78, 5) is 30.0. The molecule has 0 atom stereocenters. The number of amides is 2. The van der Waals surface area contributed by atoms with Crippen LogP contribution in [0, 0.1) is 0 Å². The van der Waals surface area contributed by atoms with E-state index in [0.29, 0.717) is 26.2 Å². The zero-order valence-electron chi connectivity index (χ0n) is 13.4. The predicted molar refractivity (Wildman–Crippen MR) is 92.2 cm³/mol. The smallest absolute Gasteiger partial charge is 0.312 e. The molecule has 0 aromatic heterocycles. The third kappa shape index (κ3) is 4.22. The second-order valence-corrected chi connectivity index (χ2v) is 5.40. The van der Waals surface area contributed by atoms with E-state index in [-0.39, 0.29) is 0 Å². The van der Waals surface area contributed by atoms with Crippen LogP contribution in [0.15, 0.2) is 55.6 Å². The molecular formula is C18H23N3O2. The Hall–Kier alpha value is -2.56. The Bertz CT molecular complexity index is 553. The summed E-state index contributed by atoms with van der Waals surface area (Å²) in [6, 6.07) is 10.1. The van der Waals surface area contributed by atoms with Crippen LogP contribution in [-0.4, -0.2) is 60.9 Å². The quantitative estimate of drug-likeness (QED) is 0.612. The highest BCUT2D eigenvalue weighted by Crippen LogP contribution is 2.15. The van der Waals surface area contributed by atoms with Gasteiger partial charge in [-0.3, -0.25) is 9.59 Å². The fraction of sp³-hybridized carbons (Fsp3) is 0.333. The summed E-state index contributed by atoms with van der Waals surface area (Å²) in [5.74, 6) is -0.931. The molecule has 1 fully saturated rings. The number of carbonyl (C=O) groups excluding carboxylic acids is 2.